The highest BCUT2D eigenvalue weighted by atomic mass is 32.2. The van der Waals surface area contributed by atoms with Gasteiger partial charge in [0.15, 0.2) is 0 Å². The molecule has 0 amide bonds. The van der Waals surface area contributed by atoms with Gasteiger partial charge < -0.3 is 5.11 Å². The first-order chi connectivity index (χ1) is 11.0. The number of aliphatic hydroxyl groups excluding tert-OH is 1. The van der Waals surface area contributed by atoms with Crippen LogP contribution in [0, 0.1) is 0 Å². The third-order valence-electron chi connectivity index (χ3n) is 3.72. The van der Waals surface area contributed by atoms with Crippen LogP contribution in [0.1, 0.15) is 64.2 Å². The molecule has 1 N–H and O–H groups in total. The molecule has 0 unspecified atom stereocenters. The molecule has 0 radical (unpaired) electrons. The van der Waals surface area contributed by atoms with E-state index in [2.05, 4.69) is 0 Å². The lowest BCUT2D eigenvalue weighted by Crippen LogP contribution is -2.36. The summed E-state index contributed by atoms with van der Waals surface area (Å²) in [6, 6.07) is 0. The fourth-order valence-corrected chi connectivity index (χ4v) is 3.68. The van der Waals surface area contributed by atoms with Gasteiger partial charge in [-0.05, 0) is 19.3 Å². The molecule has 0 fully saturated rings. The molecule has 3 nitrogen and oxygen atoms in total. The molecule has 0 spiro atoms. The summed E-state index contributed by atoms with van der Waals surface area (Å²) in [5.41, 5.74) is 0. The predicted molar refractivity (Wildman–Crippen MR) is 82.9 cm³/mol. The van der Waals surface area contributed by atoms with Gasteiger partial charge in [0.1, 0.15) is 9.84 Å². The molecule has 0 aromatic carbocycles. The highest BCUT2D eigenvalue weighted by molar-refractivity contribution is 7.91. The number of sulfone groups is 1. The molecule has 0 heterocycles. The molecular weight excluding hydrogens is 355 g/mol. The maximum Gasteiger partial charge on any atom is 0.453 e. The predicted octanol–water partition coefficient (Wildman–Crippen LogP) is 4.49. The number of aliphatic hydroxyl groups is 1. The Labute approximate surface area is 140 Å². The first-order valence-electron chi connectivity index (χ1n) is 8.28. The van der Waals surface area contributed by atoms with Gasteiger partial charge in [-0.1, -0.05) is 38.5 Å². The van der Waals surface area contributed by atoms with Crippen LogP contribution in [0.3, 0.4) is 0 Å². The Bertz CT molecular complexity index is 421. The van der Waals surface area contributed by atoms with Gasteiger partial charge in [-0.3, -0.25) is 0 Å². The summed E-state index contributed by atoms with van der Waals surface area (Å²) in [5, 5.41) is 8.61. The Kier molecular flexibility index (Phi) is 11.0. The van der Waals surface area contributed by atoms with Crippen LogP contribution in [0.5, 0.6) is 0 Å². The Hall–Kier alpha value is -0.440. The van der Waals surface area contributed by atoms with Gasteiger partial charge >= 0.3 is 12.1 Å². The SMILES string of the molecule is O=S(=O)(CCCCCCCCCCO)CCCC(F)(F)C(F)(F)F. The molecule has 0 aromatic rings. The number of halogens is 5. The van der Waals surface area contributed by atoms with Crippen molar-refractivity contribution in [2.45, 2.75) is 76.3 Å². The van der Waals surface area contributed by atoms with E-state index in [9.17, 15) is 30.4 Å². The first-order valence-corrected chi connectivity index (χ1v) is 10.1. The Morgan fingerprint density at radius 2 is 1.08 bits per heavy atom. The van der Waals surface area contributed by atoms with Gasteiger partial charge in [0.25, 0.3) is 0 Å². The van der Waals surface area contributed by atoms with Crippen LogP contribution in [0.4, 0.5) is 22.0 Å². The van der Waals surface area contributed by atoms with Crippen LogP contribution < -0.4 is 0 Å². The topological polar surface area (TPSA) is 54.4 Å². The number of unbranched alkanes of at least 4 members (excludes halogenated alkanes) is 7. The van der Waals surface area contributed by atoms with Gasteiger partial charge in [0, 0.05) is 13.0 Å². The maximum absolute atomic E-state index is 12.7. The summed E-state index contributed by atoms with van der Waals surface area (Å²) in [7, 11) is -3.58. The molecule has 0 rings (SSSR count). The van der Waals surface area contributed by atoms with E-state index in [0.29, 0.717) is 12.8 Å². The molecular formula is C15H27F5O3S. The van der Waals surface area contributed by atoms with E-state index < -0.39 is 40.5 Å². The molecule has 0 saturated heterocycles. The molecule has 24 heavy (non-hydrogen) atoms. The van der Waals surface area contributed by atoms with Crippen LogP contribution in [-0.2, 0) is 9.84 Å². The number of alkyl halides is 5. The molecule has 146 valence electrons. The monoisotopic (exact) mass is 382 g/mol. The molecule has 0 bridgehead atoms. The molecule has 0 aliphatic heterocycles. The van der Waals surface area contributed by atoms with Crippen LogP contribution in [0.15, 0.2) is 0 Å². The molecule has 0 saturated carbocycles. The smallest absolute Gasteiger partial charge is 0.396 e. The van der Waals surface area contributed by atoms with E-state index in [-0.39, 0.29) is 12.4 Å². The van der Waals surface area contributed by atoms with E-state index in [1.54, 1.807) is 0 Å². The number of hydrogen-bond donors (Lipinski definition) is 1. The Balaban J connectivity index is 3.77. The zero-order chi connectivity index (χ0) is 18.7. The van der Waals surface area contributed by atoms with Crippen molar-refractivity contribution in [3.05, 3.63) is 0 Å². The van der Waals surface area contributed by atoms with E-state index >= 15 is 0 Å². The minimum absolute atomic E-state index is 0.172. The van der Waals surface area contributed by atoms with E-state index in [0.717, 1.165) is 38.5 Å². The summed E-state index contributed by atoms with van der Waals surface area (Å²) in [6.45, 7) is 0.187. The maximum atomic E-state index is 12.7. The normalized spacial score (nSPS) is 13.4. The zero-order valence-corrected chi connectivity index (χ0v) is 14.6. The summed E-state index contributed by atoms with van der Waals surface area (Å²) in [4.78, 5) is 0. The minimum atomic E-state index is -5.63. The first kappa shape index (κ1) is 23.6. The van der Waals surface area contributed by atoms with Crippen LogP contribution in [0.2, 0.25) is 0 Å². The second kappa shape index (κ2) is 11.2. The van der Waals surface area contributed by atoms with Crippen molar-refractivity contribution in [1.82, 2.24) is 0 Å². The lowest BCUT2D eigenvalue weighted by atomic mass is 10.1. The average molecular weight is 382 g/mol. The van der Waals surface area contributed by atoms with Crippen LogP contribution in [-0.4, -0.2) is 43.7 Å². The van der Waals surface area contributed by atoms with E-state index in [1.807, 2.05) is 0 Å². The Morgan fingerprint density at radius 1 is 0.667 bits per heavy atom. The van der Waals surface area contributed by atoms with Crippen molar-refractivity contribution < 1.29 is 35.5 Å². The number of rotatable bonds is 14. The average Bonchev–Trinajstić information content (AvgIpc) is 2.44. The fraction of sp³-hybridized carbons (Fsp3) is 1.00. The lowest BCUT2D eigenvalue weighted by Gasteiger charge is -2.19. The molecule has 0 aromatic heterocycles. The molecule has 0 aliphatic carbocycles. The quantitative estimate of drug-likeness (QED) is 0.356. The van der Waals surface area contributed by atoms with Gasteiger partial charge in [0.05, 0.1) is 11.5 Å². The van der Waals surface area contributed by atoms with Crippen LogP contribution >= 0.6 is 0 Å². The lowest BCUT2D eigenvalue weighted by molar-refractivity contribution is -0.284. The van der Waals surface area contributed by atoms with Gasteiger partial charge in [0.2, 0.25) is 0 Å². The van der Waals surface area contributed by atoms with Gasteiger partial charge in [-0.15, -0.1) is 0 Å². The highest BCUT2D eigenvalue weighted by Gasteiger charge is 2.56. The molecule has 0 aliphatic rings. The van der Waals surface area contributed by atoms with Gasteiger partial charge in [-0.2, -0.15) is 22.0 Å². The second-order valence-electron chi connectivity index (χ2n) is 6.01. The van der Waals surface area contributed by atoms with E-state index in [1.165, 1.54) is 0 Å². The van der Waals surface area contributed by atoms with E-state index in [4.69, 9.17) is 5.11 Å². The third kappa shape index (κ3) is 11.2. The largest absolute Gasteiger partial charge is 0.453 e. The molecule has 9 heteroatoms. The summed E-state index contributed by atoms with van der Waals surface area (Å²) >= 11 is 0. The van der Waals surface area contributed by atoms with Crippen LogP contribution in [0.25, 0.3) is 0 Å². The summed E-state index contributed by atoms with van der Waals surface area (Å²) in [5.74, 6) is -5.65. The van der Waals surface area contributed by atoms with Crippen molar-refractivity contribution in [2.24, 2.45) is 0 Å². The zero-order valence-electron chi connectivity index (χ0n) is 13.8. The van der Waals surface area contributed by atoms with Crippen molar-refractivity contribution in [3.8, 4) is 0 Å². The van der Waals surface area contributed by atoms with Crippen molar-refractivity contribution >= 4 is 9.84 Å². The summed E-state index contributed by atoms with van der Waals surface area (Å²) < 4.78 is 84.5. The van der Waals surface area contributed by atoms with Crippen molar-refractivity contribution in [2.75, 3.05) is 18.1 Å². The molecule has 0 atom stereocenters. The van der Waals surface area contributed by atoms with Crippen molar-refractivity contribution in [1.29, 1.82) is 0 Å². The third-order valence-corrected chi connectivity index (χ3v) is 5.55. The van der Waals surface area contributed by atoms with Gasteiger partial charge in [-0.25, -0.2) is 8.42 Å². The minimum Gasteiger partial charge on any atom is -0.396 e. The highest BCUT2D eigenvalue weighted by Crippen LogP contribution is 2.38. The number of hydrogen-bond acceptors (Lipinski definition) is 3. The standard InChI is InChI=1S/C15H27F5O3S/c16-14(17,15(18,19)20)10-9-13-24(22,23)12-8-6-4-2-1-3-5-7-11-21/h21H,1-13H2. The summed E-state index contributed by atoms with van der Waals surface area (Å²) in [6.07, 6.45) is -1.13. The fourth-order valence-electron chi connectivity index (χ4n) is 2.25. The van der Waals surface area contributed by atoms with Crippen molar-refractivity contribution in [3.63, 3.8) is 0 Å². The Morgan fingerprint density at radius 3 is 1.54 bits per heavy atom. The second-order valence-corrected chi connectivity index (χ2v) is 8.31.